The molecule has 0 spiro atoms. The van der Waals surface area contributed by atoms with E-state index >= 15 is 0 Å². The molecular weight excluding hydrogens is 134 g/mol. The number of hydrogen-bond acceptors (Lipinski definition) is 1. The van der Waals surface area contributed by atoms with E-state index in [-0.39, 0.29) is 5.41 Å². The monoisotopic (exact) mass is 149 g/mol. The lowest BCUT2D eigenvalue weighted by Gasteiger charge is -2.27. The number of hydrogen-bond donors (Lipinski definition) is 0. The van der Waals surface area contributed by atoms with Crippen LogP contribution in [0.3, 0.4) is 0 Å². The summed E-state index contributed by atoms with van der Waals surface area (Å²) in [4.78, 5) is 0. The molecule has 0 bridgehead atoms. The van der Waals surface area contributed by atoms with Gasteiger partial charge in [0.1, 0.15) is 0 Å². The molecule has 0 aromatic heterocycles. The van der Waals surface area contributed by atoms with Crippen molar-refractivity contribution in [2.45, 2.75) is 33.6 Å². The zero-order valence-electron chi connectivity index (χ0n) is 7.52. The highest BCUT2D eigenvalue weighted by molar-refractivity contribution is 5.18. The molecule has 0 aliphatic heterocycles. The Balaban J connectivity index is 2.72. The molecule has 0 aromatic rings. The number of nitrogens with zero attached hydrogens (tertiary/aromatic N) is 1. The summed E-state index contributed by atoms with van der Waals surface area (Å²) >= 11 is 0. The van der Waals surface area contributed by atoms with E-state index in [2.05, 4.69) is 32.9 Å². The molecule has 60 valence electrons. The van der Waals surface area contributed by atoms with E-state index in [0.29, 0.717) is 12.3 Å². The maximum atomic E-state index is 8.57. The number of nitriles is 1. The maximum Gasteiger partial charge on any atom is 0.0625 e. The molecule has 1 atom stereocenters. The second-order valence-electron chi connectivity index (χ2n) is 3.90. The highest BCUT2D eigenvalue weighted by Gasteiger charge is 2.34. The minimum absolute atomic E-state index is 0.260. The van der Waals surface area contributed by atoms with Crippen molar-refractivity contribution in [2.75, 3.05) is 0 Å². The fraction of sp³-hybridized carbons (Fsp3) is 0.700. The first-order chi connectivity index (χ1) is 5.09. The molecular formula is C10H15N. The molecule has 11 heavy (non-hydrogen) atoms. The Morgan fingerprint density at radius 2 is 2.36 bits per heavy atom. The Bertz CT molecular complexity index is 218. The Kier molecular flexibility index (Phi) is 2.04. The van der Waals surface area contributed by atoms with Crippen molar-refractivity contribution in [3.05, 3.63) is 11.6 Å². The van der Waals surface area contributed by atoms with E-state index < -0.39 is 0 Å². The fourth-order valence-electron chi connectivity index (χ4n) is 1.65. The summed E-state index contributed by atoms with van der Waals surface area (Å²) in [5.74, 6) is 0.549. The molecule has 1 rings (SSSR count). The number of rotatable bonds is 1. The van der Waals surface area contributed by atoms with Crippen molar-refractivity contribution in [1.29, 1.82) is 5.26 Å². The molecule has 1 nitrogen and oxygen atoms in total. The summed E-state index contributed by atoms with van der Waals surface area (Å²) in [5.41, 5.74) is 1.70. The first-order valence-corrected chi connectivity index (χ1v) is 4.13. The fourth-order valence-corrected chi connectivity index (χ4v) is 1.65. The van der Waals surface area contributed by atoms with Gasteiger partial charge in [0.05, 0.1) is 6.07 Å². The SMILES string of the molecule is CC1=CCC(CC#N)C1(C)C. The third kappa shape index (κ3) is 1.30. The molecule has 0 heterocycles. The average molecular weight is 149 g/mol. The summed E-state index contributed by atoms with van der Waals surface area (Å²) in [7, 11) is 0. The van der Waals surface area contributed by atoms with Gasteiger partial charge in [0, 0.05) is 6.42 Å². The lowest BCUT2D eigenvalue weighted by molar-refractivity contribution is 0.297. The molecule has 0 aromatic carbocycles. The second kappa shape index (κ2) is 2.70. The van der Waals surface area contributed by atoms with Crippen LogP contribution in [0.25, 0.3) is 0 Å². The van der Waals surface area contributed by atoms with Crippen LogP contribution in [0.15, 0.2) is 11.6 Å². The van der Waals surface area contributed by atoms with Crippen LogP contribution in [-0.4, -0.2) is 0 Å². The molecule has 1 aliphatic carbocycles. The van der Waals surface area contributed by atoms with Gasteiger partial charge in [-0.3, -0.25) is 0 Å². The van der Waals surface area contributed by atoms with E-state index in [1.165, 1.54) is 5.57 Å². The average Bonchev–Trinajstić information content (AvgIpc) is 2.16. The van der Waals surface area contributed by atoms with Crippen molar-refractivity contribution in [3.63, 3.8) is 0 Å². The van der Waals surface area contributed by atoms with Crippen LogP contribution < -0.4 is 0 Å². The second-order valence-corrected chi connectivity index (χ2v) is 3.90. The van der Waals surface area contributed by atoms with E-state index in [1.54, 1.807) is 0 Å². The van der Waals surface area contributed by atoms with Crippen LogP contribution >= 0.6 is 0 Å². The van der Waals surface area contributed by atoms with Gasteiger partial charge in [0.15, 0.2) is 0 Å². The lowest BCUT2D eigenvalue weighted by Crippen LogP contribution is -2.19. The van der Waals surface area contributed by atoms with Crippen molar-refractivity contribution in [1.82, 2.24) is 0 Å². The van der Waals surface area contributed by atoms with Crippen LogP contribution in [-0.2, 0) is 0 Å². The largest absolute Gasteiger partial charge is 0.198 e. The molecule has 0 radical (unpaired) electrons. The van der Waals surface area contributed by atoms with E-state index in [0.717, 1.165) is 6.42 Å². The van der Waals surface area contributed by atoms with Crippen LogP contribution in [0.5, 0.6) is 0 Å². The predicted molar refractivity (Wildman–Crippen MR) is 45.9 cm³/mol. The molecule has 1 unspecified atom stereocenters. The summed E-state index contributed by atoms with van der Waals surface area (Å²) in [6.45, 7) is 6.62. The maximum absolute atomic E-state index is 8.57. The first kappa shape index (κ1) is 8.33. The van der Waals surface area contributed by atoms with E-state index in [9.17, 15) is 0 Å². The van der Waals surface area contributed by atoms with Crippen LogP contribution in [0.1, 0.15) is 33.6 Å². The Labute approximate surface area is 68.7 Å². The minimum Gasteiger partial charge on any atom is -0.198 e. The Hall–Kier alpha value is -0.770. The zero-order chi connectivity index (χ0) is 8.48. The van der Waals surface area contributed by atoms with Gasteiger partial charge in [-0.1, -0.05) is 25.5 Å². The standard InChI is InChI=1S/C10H15N/c1-8-4-5-9(6-7-11)10(8,2)3/h4,9H,5-6H2,1-3H3. The number of allylic oxidation sites excluding steroid dienone is 2. The van der Waals surface area contributed by atoms with Gasteiger partial charge >= 0.3 is 0 Å². The summed E-state index contributed by atoms with van der Waals surface area (Å²) in [5, 5.41) is 8.57. The van der Waals surface area contributed by atoms with Gasteiger partial charge < -0.3 is 0 Å². The summed E-state index contributed by atoms with van der Waals surface area (Å²) < 4.78 is 0. The molecule has 0 amide bonds. The zero-order valence-corrected chi connectivity index (χ0v) is 7.52. The first-order valence-electron chi connectivity index (χ1n) is 4.13. The molecule has 1 aliphatic rings. The third-order valence-electron chi connectivity index (χ3n) is 3.08. The van der Waals surface area contributed by atoms with Gasteiger partial charge in [-0.15, -0.1) is 0 Å². The normalized spacial score (nSPS) is 27.8. The van der Waals surface area contributed by atoms with E-state index in [4.69, 9.17) is 5.26 Å². The topological polar surface area (TPSA) is 23.8 Å². The summed E-state index contributed by atoms with van der Waals surface area (Å²) in [6.07, 6.45) is 4.05. The van der Waals surface area contributed by atoms with Gasteiger partial charge in [-0.05, 0) is 24.7 Å². The molecule has 1 heteroatoms. The molecule has 0 saturated heterocycles. The highest BCUT2D eigenvalue weighted by atomic mass is 14.4. The Morgan fingerprint density at radius 1 is 1.73 bits per heavy atom. The van der Waals surface area contributed by atoms with Crippen molar-refractivity contribution in [2.24, 2.45) is 11.3 Å². The van der Waals surface area contributed by atoms with Crippen molar-refractivity contribution < 1.29 is 0 Å². The molecule has 0 N–H and O–H groups in total. The minimum atomic E-state index is 0.260. The predicted octanol–water partition coefficient (Wildman–Crippen LogP) is 2.89. The van der Waals surface area contributed by atoms with Gasteiger partial charge in [-0.2, -0.15) is 5.26 Å². The smallest absolute Gasteiger partial charge is 0.0625 e. The Morgan fingerprint density at radius 3 is 2.73 bits per heavy atom. The van der Waals surface area contributed by atoms with Crippen molar-refractivity contribution >= 4 is 0 Å². The van der Waals surface area contributed by atoms with Crippen LogP contribution in [0, 0.1) is 22.7 Å². The third-order valence-corrected chi connectivity index (χ3v) is 3.08. The summed E-state index contributed by atoms with van der Waals surface area (Å²) in [6, 6.07) is 2.25. The van der Waals surface area contributed by atoms with Gasteiger partial charge in [-0.25, -0.2) is 0 Å². The van der Waals surface area contributed by atoms with Gasteiger partial charge in [0.2, 0.25) is 0 Å². The molecule has 0 saturated carbocycles. The highest BCUT2D eigenvalue weighted by Crippen LogP contribution is 2.44. The molecule has 0 fully saturated rings. The van der Waals surface area contributed by atoms with Crippen molar-refractivity contribution in [3.8, 4) is 6.07 Å². The quantitative estimate of drug-likeness (QED) is 0.526. The van der Waals surface area contributed by atoms with Crippen LogP contribution in [0.2, 0.25) is 0 Å². The van der Waals surface area contributed by atoms with E-state index in [1.807, 2.05) is 0 Å². The van der Waals surface area contributed by atoms with Crippen LogP contribution in [0.4, 0.5) is 0 Å². The lowest BCUT2D eigenvalue weighted by atomic mass is 9.76. The van der Waals surface area contributed by atoms with Gasteiger partial charge in [0.25, 0.3) is 0 Å².